The van der Waals surface area contributed by atoms with E-state index in [1.54, 1.807) is 13.0 Å². The number of hydrogen-bond acceptors (Lipinski definition) is 4. The number of aryl methyl sites for hydroxylation is 1. The smallest absolute Gasteiger partial charge is 0.312 e. The zero-order chi connectivity index (χ0) is 14.7. The third kappa shape index (κ3) is 3.49. The quantitative estimate of drug-likeness (QED) is 0.515. The number of nitro benzene ring substituents is 1. The van der Waals surface area contributed by atoms with E-state index in [4.69, 9.17) is 4.74 Å². The van der Waals surface area contributed by atoms with Gasteiger partial charge < -0.3 is 9.84 Å². The molecule has 0 aromatic heterocycles. The van der Waals surface area contributed by atoms with Crippen LogP contribution >= 0.6 is 15.9 Å². The highest BCUT2D eigenvalue weighted by molar-refractivity contribution is 9.10. The SMILES string of the molecule is Cc1cc(Br)cc([N+](=O)[O-])c1OC1CCCCCC1O. The van der Waals surface area contributed by atoms with Crippen LogP contribution in [-0.2, 0) is 0 Å². The molecule has 5 nitrogen and oxygen atoms in total. The monoisotopic (exact) mass is 343 g/mol. The molecule has 6 heteroatoms. The number of ether oxygens (including phenoxy) is 1. The van der Waals surface area contributed by atoms with Gasteiger partial charge in [0.1, 0.15) is 6.10 Å². The van der Waals surface area contributed by atoms with E-state index in [1.165, 1.54) is 6.07 Å². The van der Waals surface area contributed by atoms with Crippen molar-refractivity contribution in [2.75, 3.05) is 0 Å². The lowest BCUT2D eigenvalue weighted by atomic mass is 10.1. The van der Waals surface area contributed by atoms with Gasteiger partial charge in [-0.2, -0.15) is 0 Å². The van der Waals surface area contributed by atoms with Crippen molar-refractivity contribution >= 4 is 21.6 Å². The molecule has 0 heterocycles. The minimum absolute atomic E-state index is 0.0617. The zero-order valence-electron chi connectivity index (χ0n) is 11.3. The molecule has 1 fully saturated rings. The molecule has 0 amide bonds. The highest BCUT2D eigenvalue weighted by atomic mass is 79.9. The number of nitro groups is 1. The van der Waals surface area contributed by atoms with Crippen LogP contribution in [0.4, 0.5) is 5.69 Å². The van der Waals surface area contributed by atoms with Crippen molar-refractivity contribution in [1.82, 2.24) is 0 Å². The standard InChI is InChI=1S/C14H18BrNO4/c1-9-7-10(15)8-11(16(18)19)14(9)20-13-6-4-2-3-5-12(13)17/h7-8,12-13,17H,2-6H2,1H3. The van der Waals surface area contributed by atoms with Crippen molar-refractivity contribution in [3.05, 3.63) is 32.3 Å². The molecule has 0 aliphatic heterocycles. The maximum atomic E-state index is 11.2. The van der Waals surface area contributed by atoms with Gasteiger partial charge in [0, 0.05) is 10.5 Å². The molecule has 1 aliphatic carbocycles. The minimum Gasteiger partial charge on any atom is -0.481 e. The van der Waals surface area contributed by atoms with Crippen LogP contribution < -0.4 is 4.74 Å². The molecule has 0 bridgehead atoms. The van der Waals surface area contributed by atoms with E-state index in [1.807, 2.05) is 0 Å². The van der Waals surface area contributed by atoms with Crippen LogP contribution in [0.15, 0.2) is 16.6 Å². The Morgan fingerprint density at radius 3 is 2.75 bits per heavy atom. The average Bonchev–Trinajstić information content (AvgIpc) is 2.57. The maximum Gasteiger partial charge on any atom is 0.312 e. The molecule has 0 radical (unpaired) electrons. The number of aliphatic hydroxyl groups excluding tert-OH is 1. The van der Waals surface area contributed by atoms with Gasteiger partial charge in [-0.05, 0) is 37.8 Å². The molecule has 0 spiro atoms. The third-order valence-corrected chi connectivity index (χ3v) is 4.06. The van der Waals surface area contributed by atoms with E-state index in [2.05, 4.69) is 15.9 Å². The Bertz CT molecular complexity index is 506. The van der Waals surface area contributed by atoms with Crippen LogP contribution in [0, 0.1) is 17.0 Å². The van der Waals surface area contributed by atoms with Crippen molar-refractivity contribution in [3.8, 4) is 5.75 Å². The summed E-state index contributed by atoms with van der Waals surface area (Å²) in [7, 11) is 0. The molecule has 1 saturated carbocycles. The number of hydrogen-bond donors (Lipinski definition) is 1. The summed E-state index contributed by atoms with van der Waals surface area (Å²) in [6.45, 7) is 1.77. The molecule has 1 aliphatic rings. The summed E-state index contributed by atoms with van der Waals surface area (Å²) in [6.07, 6.45) is 3.52. The summed E-state index contributed by atoms with van der Waals surface area (Å²) in [5, 5.41) is 21.2. The molecule has 2 unspecified atom stereocenters. The van der Waals surface area contributed by atoms with E-state index >= 15 is 0 Å². The average molecular weight is 344 g/mol. The maximum absolute atomic E-state index is 11.2. The number of rotatable bonds is 3. The Kier molecular flexibility index (Phi) is 4.99. The summed E-state index contributed by atoms with van der Waals surface area (Å²) < 4.78 is 6.46. The van der Waals surface area contributed by atoms with E-state index in [9.17, 15) is 15.2 Å². The number of nitrogens with zero attached hydrogens (tertiary/aromatic N) is 1. The first-order valence-electron chi connectivity index (χ1n) is 6.78. The number of aliphatic hydroxyl groups is 1. The first-order chi connectivity index (χ1) is 9.49. The van der Waals surface area contributed by atoms with Crippen LogP contribution in [0.2, 0.25) is 0 Å². The largest absolute Gasteiger partial charge is 0.481 e. The van der Waals surface area contributed by atoms with E-state index in [0.29, 0.717) is 16.5 Å². The molecule has 1 N–H and O–H groups in total. The molecule has 1 aromatic carbocycles. The molecular formula is C14H18BrNO4. The second-order valence-electron chi connectivity index (χ2n) is 5.19. The minimum atomic E-state index is -0.555. The first kappa shape index (κ1) is 15.3. The Morgan fingerprint density at radius 2 is 2.05 bits per heavy atom. The van der Waals surface area contributed by atoms with Crippen molar-refractivity contribution in [2.45, 2.75) is 51.2 Å². The van der Waals surface area contributed by atoms with E-state index in [-0.39, 0.29) is 17.5 Å². The van der Waals surface area contributed by atoms with Gasteiger partial charge in [0.2, 0.25) is 5.75 Å². The predicted octanol–water partition coefficient (Wildman–Crippen LogP) is 3.74. The van der Waals surface area contributed by atoms with Crippen molar-refractivity contribution in [3.63, 3.8) is 0 Å². The summed E-state index contributed by atoms with van der Waals surface area (Å²) in [4.78, 5) is 10.7. The summed E-state index contributed by atoms with van der Waals surface area (Å²) in [5.41, 5.74) is 0.635. The van der Waals surface area contributed by atoms with Gasteiger partial charge in [-0.25, -0.2) is 0 Å². The Labute approximate surface area is 126 Å². The van der Waals surface area contributed by atoms with Crippen molar-refractivity contribution in [1.29, 1.82) is 0 Å². The van der Waals surface area contributed by atoms with Crippen LogP contribution in [0.25, 0.3) is 0 Å². The van der Waals surface area contributed by atoms with Gasteiger partial charge in [0.15, 0.2) is 0 Å². The van der Waals surface area contributed by atoms with E-state index in [0.717, 1.165) is 25.7 Å². The molecular weight excluding hydrogens is 326 g/mol. The molecule has 1 aromatic rings. The fraction of sp³-hybridized carbons (Fsp3) is 0.571. The van der Waals surface area contributed by atoms with Crippen LogP contribution in [-0.4, -0.2) is 22.2 Å². The van der Waals surface area contributed by atoms with E-state index < -0.39 is 11.0 Å². The predicted molar refractivity (Wildman–Crippen MR) is 79.0 cm³/mol. The Balaban J connectivity index is 2.29. The summed E-state index contributed by atoms with van der Waals surface area (Å²) >= 11 is 3.26. The topological polar surface area (TPSA) is 72.6 Å². The lowest BCUT2D eigenvalue weighted by molar-refractivity contribution is -0.386. The van der Waals surface area contributed by atoms with Gasteiger partial charge in [0.25, 0.3) is 0 Å². The highest BCUT2D eigenvalue weighted by Crippen LogP contribution is 2.36. The second kappa shape index (κ2) is 6.54. The van der Waals surface area contributed by atoms with Crippen molar-refractivity contribution < 1.29 is 14.8 Å². The molecule has 2 rings (SSSR count). The van der Waals surface area contributed by atoms with Gasteiger partial charge in [0.05, 0.1) is 11.0 Å². The van der Waals surface area contributed by atoms with Gasteiger partial charge in [-0.1, -0.05) is 28.8 Å². The zero-order valence-corrected chi connectivity index (χ0v) is 12.9. The molecule has 110 valence electrons. The first-order valence-corrected chi connectivity index (χ1v) is 7.57. The van der Waals surface area contributed by atoms with Crippen LogP contribution in [0.1, 0.15) is 37.7 Å². The number of halogens is 1. The summed E-state index contributed by atoms with van der Waals surface area (Å²) in [5.74, 6) is 0.268. The normalized spacial score (nSPS) is 23.1. The lowest BCUT2D eigenvalue weighted by Crippen LogP contribution is -2.31. The Hall–Kier alpha value is -1.14. The van der Waals surface area contributed by atoms with Gasteiger partial charge >= 0.3 is 5.69 Å². The molecule has 0 saturated heterocycles. The highest BCUT2D eigenvalue weighted by Gasteiger charge is 2.27. The second-order valence-corrected chi connectivity index (χ2v) is 6.11. The number of benzene rings is 1. The molecule has 20 heavy (non-hydrogen) atoms. The fourth-order valence-electron chi connectivity index (χ4n) is 2.54. The van der Waals surface area contributed by atoms with Gasteiger partial charge in [-0.15, -0.1) is 0 Å². The lowest BCUT2D eigenvalue weighted by Gasteiger charge is -2.22. The fourth-order valence-corrected chi connectivity index (χ4v) is 3.10. The van der Waals surface area contributed by atoms with Gasteiger partial charge in [-0.3, -0.25) is 10.1 Å². The summed E-state index contributed by atoms with van der Waals surface area (Å²) in [6, 6.07) is 3.22. The van der Waals surface area contributed by atoms with Crippen LogP contribution in [0.5, 0.6) is 5.75 Å². The van der Waals surface area contributed by atoms with Crippen molar-refractivity contribution in [2.24, 2.45) is 0 Å². The Morgan fingerprint density at radius 1 is 1.35 bits per heavy atom. The molecule has 2 atom stereocenters. The van der Waals surface area contributed by atoms with Crippen LogP contribution in [0.3, 0.4) is 0 Å². The third-order valence-electron chi connectivity index (χ3n) is 3.60.